The van der Waals surface area contributed by atoms with Gasteiger partial charge >= 0.3 is 0 Å². The molecule has 2 aromatic heterocycles. The maximum Gasteiger partial charge on any atom is 0.291 e. The third-order valence-electron chi connectivity index (χ3n) is 5.22. The molecule has 6 nitrogen and oxygen atoms in total. The lowest BCUT2D eigenvalue weighted by Crippen LogP contribution is -2.27. The van der Waals surface area contributed by atoms with Gasteiger partial charge in [-0.25, -0.2) is 9.37 Å². The van der Waals surface area contributed by atoms with Gasteiger partial charge < -0.3 is 14.2 Å². The van der Waals surface area contributed by atoms with E-state index in [0.29, 0.717) is 35.4 Å². The molecule has 1 aromatic carbocycles. The lowest BCUT2D eigenvalue weighted by atomic mass is 10.1. The van der Waals surface area contributed by atoms with Crippen molar-refractivity contribution in [3.63, 3.8) is 0 Å². The number of hydrogen-bond acceptors (Lipinski definition) is 4. The lowest BCUT2D eigenvalue weighted by molar-refractivity contribution is 0.0758. The Morgan fingerprint density at radius 2 is 2.00 bits per heavy atom. The van der Waals surface area contributed by atoms with Crippen LogP contribution in [0.5, 0.6) is 11.6 Å². The fourth-order valence-corrected chi connectivity index (χ4v) is 3.66. The third kappa shape index (κ3) is 3.24. The van der Waals surface area contributed by atoms with Gasteiger partial charge in [0.1, 0.15) is 11.6 Å². The van der Waals surface area contributed by atoms with Gasteiger partial charge in [-0.3, -0.25) is 4.79 Å². The predicted octanol–water partition coefficient (Wildman–Crippen LogP) is 4.15. The SMILES string of the molecule is Cc1nc2n(c1-c1ccc(Oc3cccc(F)n3)cc1F)CN(CC1CC1)C2=O. The summed E-state index contributed by atoms with van der Waals surface area (Å²) in [4.78, 5) is 22.4. The average Bonchev–Trinajstić information content (AvgIpc) is 3.37. The summed E-state index contributed by atoms with van der Waals surface area (Å²) in [6.07, 6.45) is 2.29. The van der Waals surface area contributed by atoms with Crippen molar-refractivity contribution in [3.05, 3.63) is 59.7 Å². The minimum atomic E-state index is -0.676. The van der Waals surface area contributed by atoms with Gasteiger partial charge in [0.05, 0.1) is 18.1 Å². The van der Waals surface area contributed by atoms with E-state index < -0.39 is 11.8 Å². The number of carbonyl (C=O) groups excluding carboxylic acids is 1. The topological polar surface area (TPSA) is 60.2 Å². The number of benzene rings is 1. The van der Waals surface area contributed by atoms with Crippen LogP contribution in [0.15, 0.2) is 36.4 Å². The molecular weight excluding hydrogens is 378 g/mol. The fourth-order valence-electron chi connectivity index (χ4n) is 3.66. The Morgan fingerprint density at radius 1 is 1.17 bits per heavy atom. The van der Waals surface area contributed by atoms with E-state index in [1.807, 2.05) is 0 Å². The maximum absolute atomic E-state index is 14.9. The molecule has 0 bridgehead atoms. The summed E-state index contributed by atoms with van der Waals surface area (Å²) in [6, 6.07) is 8.54. The smallest absolute Gasteiger partial charge is 0.291 e. The van der Waals surface area contributed by atoms with E-state index in [1.54, 1.807) is 28.5 Å². The van der Waals surface area contributed by atoms with Gasteiger partial charge in [-0.2, -0.15) is 9.37 Å². The van der Waals surface area contributed by atoms with E-state index in [4.69, 9.17) is 4.74 Å². The molecule has 3 heterocycles. The Bertz CT molecular complexity index is 1120. The Morgan fingerprint density at radius 3 is 2.72 bits per heavy atom. The molecule has 0 unspecified atom stereocenters. The van der Waals surface area contributed by atoms with E-state index in [-0.39, 0.29) is 17.5 Å². The summed E-state index contributed by atoms with van der Waals surface area (Å²) >= 11 is 0. The summed E-state index contributed by atoms with van der Waals surface area (Å²) in [6.45, 7) is 2.86. The molecule has 1 aliphatic heterocycles. The molecule has 0 atom stereocenters. The first kappa shape index (κ1) is 17.8. The zero-order chi connectivity index (χ0) is 20.1. The van der Waals surface area contributed by atoms with Gasteiger partial charge in [-0.15, -0.1) is 0 Å². The summed E-state index contributed by atoms with van der Waals surface area (Å²) in [7, 11) is 0. The van der Waals surface area contributed by atoms with Crippen LogP contribution in [0.2, 0.25) is 0 Å². The molecule has 148 valence electrons. The van der Waals surface area contributed by atoms with Crippen LogP contribution in [-0.4, -0.2) is 31.9 Å². The van der Waals surface area contributed by atoms with E-state index >= 15 is 0 Å². The number of pyridine rings is 1. The van der Waals surface area contributed by atoms with Crippen molar-refractivity contribution in [2.75, 3.05) is 6.54 Å². The van der Waals surface area contributed by atoms with Crippen LogP contribution in [0.25, 0.3) is 11.3 Å². The number of aryl methyl sites for hydroxylation is 1. The molecule has 0 saturated heterocycles. The van der Waals surface area contributed by atoms with Crippen molar-refractivity contribution < 1.29 is 18.3 Å². The van der Waals surface area contributed by atoms with Crippen LogP contribution in [0, 0.1) is 24.6 Å². The van der Waals surface area contributed by atoms with E-state index in [2.05, 4.69) is 9.97 Å². The molecule has 0 N–H and O–H groups in total. The van der Waals surface area contributed by atoms with E-state index in [0.717, 1.165) is 19.4 Å². The Balaban J connectivity index is 1.45. The normalized spacial score (nSPS) is 15.7. The second-order valence-corrected chi connectivity index (χ2v) is 7.45. The number of nitrogens with zero attached hydrogens (tertiary/aromatic N) is 4. The highest BCUT2D eigenvalue weighted by Gasteiger charge is 2.36. The minimum absolute atomic E-state index is 0.0416. The van der Waals surface area contributed by atoms with Crippen molar-refractivity contribution in [2.24, 2.45) is 5.92 Å². The quantitative estimate of drug-likeness (QED) is 0.608. The van der Waals surface area contributed by atoms with Crippen molar-refractivity contribution in [3.8, 4) is 22.9 Å². The molecule has 8 heteroatoms. The predicted molar refractivity (Wildman–Crippen MR) is 100 cm³/mol. The number of carbonyl (C=O) groups is 1. The Kier molecular flexibility index (Phi) is 4.08. The Hall–Kier alpha value is -3.29. The van der Waals surface area contributed by atoms with Crippen LogP contribution in [0.1, 0.15) is 29.2 Å². The molecule has 2 aliphatic rings. The zero-order valence-corrected chi connectivity index (χ0v) is 15.7. The molecule has 0 spiro atoms. The summed E-state index contributed by atoms with van der Waals surface area (Å²) in [5.41, 5.74) is 1.51. The number of aromatic nitrogens is 3. The van der Waals surface area contributed by atoms with Crippen LogP contribution in [0.3, 0.4) is 0 Å². The lowest BCUT2D eigenvalue weighted by Gasteiger charge is -2.16. The van der Waals surface area contributed by atoms with Gasteiger partial charge in [-0.05, 0) is 43.9 Å². The molecule has 1 fully saturated rings. The van der Waals surface area contributed by atoms with Crippen molar-refractivity contribution in [2.45, 2.75) is 26.4 Å². The van der Waals surface area contributed by atoms with Gasteiger partial charge in [-0.1, -0.05) is 6.07 Å². The molecule has 0 radical (unpaired) electrons. The van der Waals surface area contributed by atoms with Crippen LogP contribution in [-0.2, 0) is 6.67 Å². The largest absolute Gasteiger partial charge is 0.439 e. The highest BCUT2D eigenvalue weighted by molar-refractivity contribution is 5.94. The number of fused-ring (bicyclic) bond motifs is 1. The van der Waals surface area contributed by atoms with Crippen molar-refractivity contribution >= 4 is 5.91 Å². The van der Waals surface area contributed by atoms with Crippen molar-refractivity contribution in [1.82, 2.24) is 19.4 Å². The Labute approximate surface area is 165 Å². The molecule has 1 aliphatic carbocycles. The standard InChI is InChI=1S/C21H18F2N4O2/c1-12-19(27-11-26(10-13-5-6-13)21(28)20(27)24-12)15-8-7-14(9-16(15)22)29-18-4-2-3-17(23)25-18/h2-4,7-9,13H,5-6,10-11H2,1H3. The van der Waals surface area contributed by atoms with Crippen LogP contribution >= 0.6 is 0 Å². The first-order chi connectivity index (χ1) is 14.0. The number of rotatable bonds is 5. The second-order valence-electron chi connectivity index (χ2n) is 7.45. The first-order valence-electron chi connectivity index (χ1n) is 9.46. The fraction of sp³-hybridized carbons (Fsp3) is 0.286. The van der Waals surface area contributed by atoms with Gasteiger partial charge in [0.25, 0.3) is 5.91 Å². The molecule has 3 aromatic rings. The van der Waals surface area contributed by atoms with Crippen LogP contribution in [0.4, 0.5) is 8.78 Å². The van der Waals surface area contributed by atoms with E-state index in [9.17, 15) is 13.6 Å². The molecule has 1 saturated carbocycles. The van der Waals surface area contributed by atoms with Crippen LogP contribution < -0.4 is 4.74 Å². The maximum atomic E-state index is 14.9. The van der Waals surface area contributed by atoms with E-state index in [1.165, 1.54) is 24.3 Å². The monoisotopic (exact) mass is 396 g/mol. The molecular formula is C21H18F2N4O2. The number of imidazole rings is 1. The van der Waals surface area contributed by atoms with Gasteiger partial charge in [0.15, 0.2) is 0 Å². The highest BCUT2D eigenvalue weighted by Crippen LogP contribution is 2.36. The molecule has 5 rings (SSSR count). The highest BCUT2D eigenvalue weighted by atomic mass is 19.1. The van der Waals surface area contributed by atoms with Gasteiger partial charge in [0, 0.05) is 24.2 Å². The zero-order valence-electron chi connectivity index (χ0n) is 15.7. The molecule has 29 heavy (non-hydrogen) atoms. The second kappa shape index (κ2) is 6.65. The third-order valence-corrected chi connectivity index (χ3v) is 5.22. The molecule has 1 amide bonds. The minimum Gasteiger partial charge on any atom is -0.439 e. The number of halogens is 2. The number of hydrogen-bond donors (Lipinski definition) is 0. The summed E-state index contributed by atoms with van der Waals surface area (Å²) in [5, 5.41) is 0. The van der Waals surface area contributed by atoms with Gasteiger partial charge in [0.2, 0.25) is 17.7 Å². The average molecular weight is 396 g/mol. The number of amides is 1. The summed E-state index contributed by atoms with van der Waals surface area (Å²) in [5.74, 6) is -0.138. The van der Waals surface area contributed by atoms with Crippen molar-refractivity contribution in [1.29, 1.82) is 0 Å². The number of ether oxygens (including phenoxy) is 1. The first-order valence-corrected chi connectivity index (χ1v) is 9.46. The summed E-state index contributed by atoms with van der Waals surface area (Å²) < 4.78 is 35.4.